The second-order valence-corrected chi connectivity index (χ2v) is 12.4. The van der Waals surface area contributed by atoms with Gasteiger partial charge in [0.25, 0.3) is 5.91 Å². The van der Waals surface area contributed by atoms with Crippen LogP contribution in [0, 0.1) is 11.3 Å². The van der Waals surface area contributed by atoms with Crippen molar-refractivity contribution in [2.45, 2.75) is 40.0 Å². The van der Waals surface area contributed by atoms with Crippen molar-refractivity contribution in [1.29, 1.82) is 0 Å². The summed E-state index contributed by atoms with van der Waals surface area (Å²) in [5.41, 5.74) is 3.66. The zero-order valence-corrected chi connectivity index (χ0v) is 23.9. The van der Waals surface area contributed by atoms with E-state index in [0.717, 1.165) is 45.6 Å². The second kappa shape index (κ2) is 11.3. The summed E-state index contributed by atoms with van der Waals surface area (Å²) in [5.74, 6) is 1.19. The van der Waals surface area contributed by atoms with E-state index in [1.54, 1.807) is 35.8 Å². The maximum Gasteiger partial charge on any atom is 0.259 e. The van der Waals surface area contributed by atoms with Gasteiger partial charge in [-0.25, -0.2) is 4.99 Å². The van der Waals surface area contributed by atoms with Crippen LogP contribution < -0.4 is 10.1 Å². The van der Waals surface area contributed by atoms with E-state index in [1.165, 1.54) is 4.88 Å². The zero-order chi connectivity index (χ0) is 25.9. The van der Waals surface area contributed by atoms with Gasteiger partial charge in [-0.05, 0) is 100 Å². The van der Waals surface area contributed by atoms with Crippen molar-refractivity contribution in [3.63, 3.8) is 0 Å². The Morgan fingerprint density at radius 3 is 2.69 bits per heavy atom. The summed E-state index contributed by atoms with van der Waals surface area (Å²) in [6, 6.07) is 13.0. The molecule has 0 fully saturated rings. The lowest BCUT2D eigenvalue weighted by Crippen LogP contribution is -2.27. The van der Waals surface area contributed by atoms with Gasteiger partial charge in [0.15, 0.2) is 0 Å². The molecule has 1 aromatic heterocycles. The minimum absolute atomic E-state index is 0.134. The number of nitrogens with one attached hydrogen (secondary N) is 1. The minimum Gasteiger partial charge on any atom is -0.488 e. The number of amides is 1. The Labute approximate surface area is 230 Å². The summed E-state index contributed by atoms with van der Waals surface area (Å²) < 4.78 is 6.48. The lowest BCUT2D eigenvalue weighted by atomic mass is 9.72. The first-order valence-electron chi connectivity index (χ1n) is 11.9. The maximum atomic E-state index is 13.5. The van der Waals surface area contributed by atoms with E-state index >= 15 is 0 Å². The number of fused-ring (bicyclic) bond motifs is 1. The number of carbonyl (C=O) groups is 1. The topological polar surface area (TPSA) is 50.7 Å². The number of hydrogen-bond acceptors (Lipinski definition) is 4. The molecular weight excluding hydrogens is 556 g/mol. The summed E-state index contributed by atoms with van der Waals surface area (Å²) in [7, 11) is 0. The first-order chi connectivity index (χ1) is 17.2. The molecule has 0 unspecified atom stereocenters. The fourth-order valence-electron chi connectivity index (χ4n) is 4.36. The van der Waals surface area contributed by atoms with Crippen molar-refractivity contribution < 1.29 is 9.53 Å². The first kappa shape index (κ1) is 26.6. The third-order valence-electron chi connectivity index (χ3n) is 6.44. The van der Waals surface area contributed by atoms with E-state index in [9.17, 15) is 4.79 Å². The van der Waals surface area contributed by atoms with Crippen LogP contribution in [0.1, 0.15) is 53.6 Å². The van der Waals surface area contributed by atoms with Crippen LogP contribution in [0.2, 0.25) is 5.02 Å². The third-order valence-corrected chi connectivity index (χ3v) is 8.48. The van der Waals surface area contributed by atoms with Crippen molar-refractivity contribution in [1.82, 2.24) is 0 Å². The number of carbonyl (C=O) groups excluding carboxylic acids is 1. The molecule has 1 aliphatic rings. The van der Waals surface area contributed by atoms with Gasteiger partial charge in [0.05, 0.1) is 10.0 Å². The molecule has 0 bridgehead atoms. The van der Waals surface area contributed by atoms with Crippen LogP contribution in [0.15, 0.2) is 64.6 Å². The smallest absolute Gasteiger partial charge is 0.259 e. The Hall–Kier alpha value is -2.41. The summed E-state index contributed by atoms with van der Waals surface area (Å²) in [5, 5.41) is 4.41. The van der Waals surface area contributed by atoms with E-state index < -0.39 is 0 Å². The van der Waals surface area contributed by atoms with Crippen molar-refractivity contribution >= 4 is 61.7 Å². The number of thiophene rings is 1. The number of nitrogens with zero attached hydrogens (tertiary/aromatic N) is 1. The minimum atomic E-state index is -0.134. The Kier molecular flexibility index (Phi) is 8.38. The molecule has 1 amide bonds. The fourth-order valence-corrected chi connectivity index (χ4v) is 6.26. The van der Waals surface area contributed by atoms with Gasteiger partial charge in [-0.1, -0.05) is 45.0 Å². The number of anilines is 1. The number of rotatable bonds is 7. The standard InChI is InChI=1S/C29H30BrClN2O2S/c1-5-14-35-24-13-6-18(15-23(24)30)17-32-28-26(27(34)33-21-10-8-20(31)9-11-21)22-12-7-19(29(2,3)4)16-25(22)36-28/h5-6,8-11,13,15,17,19H,1,7,12,14,16H2,2-4H3,(H,33,34)/t19-/m1/s1. The monoisotopic (exact) mass is 584 g/mol. The van der Waals surface area contributed by atoms with Gasteiger partial charge >= 0.3 is 0 Å². The van der Waals surface area contributed by atoms with Gasteiger partial charge in [0, 0.05) is 21.8 Å². The lowest BCUT2D eigenvalue weighted by molar-refractivity contribution is 0.102. The highest BCUT2D eigenvalue weighted by atomic mass is 79.9. The highest BCUT2D eigenvalue weighted by Gasteiger charge is 2.33. The quantitative estimate of drug-likeness (QED) is 0.222. The largest absolute Gasteiger partial charge is 0.488 e. The van der Waals surface area contributed by atoms with E-state index in [1.807, 2.05) is 30.3 Å². The van der Waals surface area contributed by atoms with Gasteiger partial charge in [0.2, 0.25) is 0 Å². The molecule has 7 heteroatoms. The molecule has 1 heterocycles. The molecule has 2 aromatic carbocycles. The molecular formula is C29H30BrClN2O2S. The van der Waals surface area contributed by atoms with Crippen molar-refractivity contribution in [3.05, 3.63) is 86.2 Å². The van der Waals surface area contributed by atoms with Crippen LogP contribution in [0.5, 0.6) is 5.75 Å². The molecule has 188 valence electrons. The molecule has 36 heavy (non-hydrogen) atoms. The molecule has 1 aliphatic carbocycles. The van der Waals surface area contributed by atoms with E-state index in [-0.39, 0.29) is 11.3 Å². The highest BCUT2D eigenvalue weighted by Crippen LogP contribution is 2.45. The summed E-state index contributed by atoms with van der Waals surface area (Å²) in [4.78, 5) is 19.6. The molecule has 0 saturated heterocycles. The molecule has 4 rings (SSSR count). The van der Waals surface area contributed by atoms with Gasteiger partial charge in [-0.2, -0.15) is 0 Å². The fraction of sp³-hybridized carbons (Fsp3) is 0.310. The Morgan fingerprint density at radius 2 is 2.03 bits per heavy atom. The third kappa shape index (κ3) is 6.28. The molecule has 0 aliphatic heterocycles. The Balaban J connectivity index is 1.66. The summed E-state index contributed by atoms with van der Waals surface area (Å²) in [6.45, 7) is 11.0. The van der Waals surface area contributed by atoms with E-state index in [2.05, 4.69) is 48.6 Å². The number of hydrogen-bond donors (Lipinski definition) is 1. The van der Waals surface area contributed by atoms with E-state index in [0.29, 0.717) is 28.8 Å². The van der Waals surface area contributed by atoms with Crippen molar-refractivity contribution in [3.8, 4) is 5.75 Å². The number of aliphatic imine (C=N–C) groups is 1. The van der Waals surface area contributed by atoms with Crippen LogP contribution in [0.4, 0.5) is 10.7 Å². The molecule has 0 saturated carbocycles. The van der Waals surface area contributed by atoms with E-state index in [4.69, 9.17) is 21.3 Å². The Morgan fingerprint density at radius 1 is 1.28 bits per heavy atom. The predicted octanol–water partition coefficient (Wildman–Crippen LogP) is 8.88. The van der Waals surface area contributed by atoms with Crippen LogP contribution >= 0.6 is 38.9 Å². The molecule has 3 aromatic rings. The van der Waals surface area contributed by atoms with Crippen LogP contribution in [-0.2, 0) is 12.8 Å². The summed E-state index contributed by atoms with van der Waals surface area (Å²) >= 11 is 11.2. The van der Waals surface area contributed by atoms with Crippen molar-refractivity contribution in [2.75, 3.05) is 11.9 Å². The highest BCUT2D eigenvalue weighted by molar-refractivity contribution is 9.10. The zero-order valence-electron chi connectivity index (χ0n) is 20.7. The van der Waals surface area contributed by atoms with Crippen LogP contribution in [-0.4, -0.2) is 18.7 Å². The molecule has 1 N–H and O–H groups in total. The molecule has 0 spiro atoms. The number of ether oxygens (including phenoxy) is 1. The van der Waals surface area contributed by atoms with Gasteiger partial charge in [-0.15, -0.1) is 11.3 Å². The Bertz CT molecular complexity index is 1290. The van der Waals surface area contributed by atoms with Gasteiger partial charge in [-0.3, -0.25) is 4.79 Å². The average Bonchev–Trinajstić information content (AvgIpc) is 3.21. The van der Waals surface area contributed by atoms with Gasteiger partial charge in [0.1, 0.15) is 17.4 Å². The molecule has 1 atom stereocenters. The first-order valence-corrected chi connectivity index (χ1v) is 13.9. The SMILES string of the molecule is C=CCOc1ccc(C=Nc2sc3c(c2C(=O)Nc2ccc(Cl)cc2)CC[C@@H](C(C)(C)C)C3)cc1Br. The number of halogens is 2. The summed E-state index contributed by atoms with van der Waals surface area (Å²) in [6.07, 6.45) is 6.44. The predicted molar refractivity (Wildman–Crippen MR) is 156 cm³/mol. The lowest BCUT2D eigenvalue weighted by Gasteiger charge is -2.33. The van der Waals surface area contributed by atoms with Gasteiger partial charge < -0.3 is 10.1 Å². The normalized spacial score (nSPS) is 15.5. The van der Waals surface area contributed by atoms with Crippen LogP contribution in [0.3, 0.4) is 0 Å². The molecule has 0 radical (unpaired) electrons. The number of benzene rings is 2. The average molecular weight is 586 g/mol. The second-order valence-electron chi connectivity index (χ2n) is 10.00. The maximum absolute atomic E-state index is 13.5. The molecule has 4 nitrogen and oxygen atoms in total. The van der Waals surface area contributed by atoms with Crippen molar-refractivity contribution in [2.24, 2.45) is 16.3 Å². The van der Waals surface area contributed by atoms with Crippen LogP contribution in [0.25, 0.3) is 0 Å².